The van der Waals surface area contributed by atoms with Crippen LogP contribution in [0.4, 0.5) is 11.5 Å². The lowest BCUT2D eigenvalue weighted by Gasteiger charge is -2.38. The van der Waals surface area contributed by atoms with E-state index in [1.807, 2.05) is 25.3 Å². The molecule has 154 valence electrons. The number of aromatic nitrogens is 1. The summed E-state index contributed by atoms with van der Waals surface area (Å²) >= 11 is 6.01. The molecule has 0 spiro atoms. The Labute approximate surface area is 178 Å². The van der Waals surface area contributed by atoms with Gasteiger partial charge in [0.25, 0.3) is 0 Å². The number of amides is 1. The summed E-state index contributed by atoms with van der Waals surface area (Å²) in [5.74, 6) is 1.51. The van der Waals surface area contributed by atoms with Gasteiger partial charge in [-0.25, -0.2) is 4.98 Å². The van der Waals surface area contributed by atoms with Crippen molar-refractivity contribution in [3.63, 3.8) is 0 Å². The number of likely N-dealkylation sites (tertiary alicyclic amines) is 1. The Hall–Kier alpha value is -2.11. The van der Waals surface area contributed by atoms with Gasteiger partial charge in [-0.15, -0.1) is 0 Å². The Morgan fingerprint density at radius 2 is 1.90 bits per heavy atom. The van der Waals surface area contributed by atoms with Crippen LogP contribution in [-0.2, 0) is 11.3 Å². The molecule has 5 nitrogen and oxygen atoms in total. The van der Waals surface area contributed by atoms with Gasteiger partial charge in [-0.05, 0) is 81.9 Å². The van der Waals surface area contributed by atoms with Crippen molar-refractivity contribution in [1.29, 1.82) is 0 Å². The van der Waals surface area contributed by atoms with E-state index < -0.39 is 0 Å². The molecule has 1 saturated heterocycles. The number of benzene rings is 1. The number of nitrogens with zero attached hydrogens (tertiary/aromatic N) is 3. The molecule has 1 fully saturated rings. The van der Waals surface area contributed by atoms with E-state index in [2.05, 4.69) is 47.2 Å². The number of carbonyl (C=O) groups excluding carboxylic acids is 1. The van der Waals surface area contributed by atoms with Gasteiger partial charge in [0.15, 0.2) is 5.82 Å². The van der Waals surface area contributed by atoms with Crippen LogP contribution < -0.4 is 10.2 Å². The number of pyridine rings is 1. The molecule has 2 aliphatic rings. The molecule has 0 bridgehead atoms. The largest absolute Gasteiger partial charge is 0.341 e. The van der Waals surface area contributed by atoms with Crippen LogP contribution in [0.5, 0.6) is 0 Å². The number of anilines is 2. The van der Waals surface area contributed by atoms with Gasteiger partial charge in [0, 0.05) is 23.8 Å². The highest BCUT2D eigenvalue weighted by Crippen LogP contribution is 2.33. The van der Waals surface area contributed by atoms with Gasteiger partial charge >= 0.3 is 0 Å². The lowest BCUT2D eigenvalue weighted by Crippen LogP contribution is -2.50. The molecule has 1 amide bonds. The first-order chi connectivity index (χ1) is 13.9. The third kappa shape index (κ3) is 4.26. The molecule has 2 aromatic rings. The van der Waals surface area contributed by atoms with Crippen LogP contribution in [-0.4, -0.2) is 41.0 Å². The Balaban J connectivity index is 1.42. The van der Waals surface area contributed by atoms with Crippen molar-refractivity contribution in [3.8, 4) is 0 Å². The van der Waals surface area contributed by atoms with Crippen LogP contribution in [0.3, 0.4) is 0 Å². The van der Waals surface area contributed by atoms with Crippen molar-refractivity contribution >= 4 is 29.0 Å². The van der Waals surface area contributed by atoms with E-state index in [1.54, 1.807) is 0 Å². The van der Waals surface area contributed by atoms with Crippen molar-refractivity contribution in [2.45, 2.75) is 58.2 Å². The minimum absolute atomic E-state index is 0.0360. The summed E-state index contributed by atoms with van der Waals surface area (Å²) in [6.45, 7) is 9.11. The van der Waals surface area contributed by atoms with E-state index in [1.165, 1.54) is 5.56 Å². The summed E-state index contributed by atoms with van der Waals surface area (Å²) in [6.07, 6.45) is 4.26. The van der Waals surface area contributed by atoms with Crippen molar-refractivity contribution in [2.24, 2.45) is 0 Å². The monoisotopic (exact) mass is 412 g/mol. The second kappa shape index (κ2) is 8.33. The normalized spacial score (nSPS) is 20.7. The van der Waals surface area contributed by atoms with E-state index in [0.29, 0.717) is 5.92 Å². The van der Waals surface area contributed by atoms with Gasteiger partial charge in [-0.1, -0.05) is 23.7 Å². The van der Waals surface area contributed by atoms with Gasteiger partial charge in [0.05, 0.1) is 5.69 Å². The molecule has 3 heterocycles. The number of piperidine rings is 1. The minimum Gasteiger partial charge on any atom is -0.341 e. The standard InChI is InChI=1S/C23H29ClN4O/c1-15(2)28-16(3)23(29)26-21-12-17(13-25-22(21)28)14-27-10-8-19(9-11-27)18-4-6-20(24)7-5-18/h4-7,12-13,15-16,19H,8-11,14H2,1-3H3,(H,26,29). The fourth-order valence-corrected chi connectivity index (χ4v) is 4.67. The van der Waals surface area contributed by atoms with Gasteiger partial charge < -0.3 is 10.2 Å². The van der Waals surface area contributed by atoms with E-state index in [9.17, 15) is 4.79 Å². The number of hydrogen-bond donors (Lipinski definition) is 1. The third-order valence-electron chi connectivity index (χ3n) is 6.11. The Kier molecular flexibility index (Phi) is 5.79. The first kappa shape index (κ1) is 20.2. The maximum absolute atomic E-state index is 12.4. The highest BCUT2D eigenvalue weighted by molar-refractivity contribution is 6.30. The maximum atomic E-state index is 12.4. The quantitative estimate of drug-likeness (QED) is 0.792. The molecule has 0 radical (unpaired) electrons. The average Bonchev–Trinajstić information content (AvgIpc) is 2.70. The van der Waals surface area contributed by atoms with Crippen molar-refractivity contribution < 1.29 is 4.79 Å². The lowest BCUT2D eigenvalue weighted by molar-refractivity contribution is -0.117. The summed E-state index contributed by atoms with van der Waals surface area (Å²) in [7, 11) is 0. The first-order valence-electron chi connectivity index (χ1n) is 10.5. The number of carbonyl (C=O) groups is 1. The van der Waals surface area contributed by atoms with E-state index in [-0.39, 0.29) is 18.0 Å². The lowest BCUT2D eigenvalue weighted by atomic mass is 9.89. The number of hydrogen-bond acceptors (Lipinski definition) is 4. The van der Waals surface area contributed by atoms with Gasteiger partial charge in [0.2, 0.25) is 5.91 Å². The molecule has 6 heteroatoms. The fraction of sp³-hybridized carbons (Fsp3) is 0.478. The zero-order valence-corrected chi connectivity index (χ0v) is 18.1. The zero-order chi connectivity index (χ0) is 20.5. The molecular formula is C23H29ClN4O. The smallest absolute Gasteiger partial charge is 0.246 e. The topological polar surface area (TPSA) is 48.5 Å². The SMILES string of the molecule is CC(C)N1c2ncc(CN3CCC(c4ccc(Cl)cc4)CC3)cc2NC(=O)C1C. The number of rotatable bonds is 4. The molecule has 29 heavy (non-hydrogen) atoms. The zero-order valence-electron chi connectivity index (χ0n) is 17.4. The van der Waals surface area contributed by atoms with Crippen LogP contribution in [0.2, 0.25) is 5.02 Å². The van der Waals surface area contributed by atoms with Gasteiger partial charge in [0.1, 0.15) is 6.04 Å². The number of fused-ring (bicyclic) bond motifs is 1. The summed E-state index contributed by atoms with van der Waals surface area (Å²) in [5, 5.41) is 3.83. The van der Waals surface area contributed by atoms with E-state index >= 15 is 0 Å². The predicted molar refractivity (Wildman–Crippen MR) is 119 cm³/mol. The molecule has 1 aromatic carbocycles. The van der Waals surface area contributed by atoms with Crippen molar-refractivity contribution in [3.05, 3.63) is 52.7 Å². The van der Waals surface area contributed by atoms with E-state index in [4.69, 9.17) is 16.6 Å². The molecule has 0 aliphatic carbocycles. The number of halogens is 1. The van der Waals surface area contributed by atoms with E-state index in [0.717, 1.165) is 54.6 Å². The Morgan fingerprint density at radius 1 is 1.21 bits per heavy atom. The molecule has 1 N–H and O–H groups in total. The van der Waals surface area contributed by atoms with Gasteiger partial charge in [-0.3, -0.25) is 9.69 Å². The van der Waals surface area contributed by atoms with Crippen LogP contribution in [0.1, 0.15) is 50.7 Å². The van der Waals surface area contributed by atoms with Gasteiger partial charge in [-0.2, -0.15) is 0 Å². The molecule has 1 unspecified atom stereocenters. The molecule has 1 atom stereocenters. The highest BCUT2D eigenvalue weighted by Gasteiger charge is 2.32. The number of nitrogens with one attached hydrogen (secondary N) is 1. The summed E-state index contributed by atoms with van der Waals surface area (Å²) in [5.41, 5.74) is 3.36. The second-order valence-electron chi connectivity index (χ2n) is 8.48. The van der Waals surface area contributed by atoms with Crippen LogP contribution in [0.25, 0.3) is 0 Å². The van der Waals surface area contributed by atoms with Crippen LogP contribution >= 0.6 is 11.6 Å². The Bertz CT molecular complexity index is 875. The highest BCUT2D eigenvalue weighted by atomic mass is 35.5. The fourth-order valence-electron chi connectivity index (χ4n) is 4.54. The Morgan fingerprint density at radius 3 is 2.55 bits per heavy atom. The minimum atomic E-state index is -0.201. The predicted octanol–water partition coefficient (Wildman–Crippen LogP) is 4.67. The first-order valence-corrected chi connectivity index (χ1v) is 10.9. The molecule has 2 aliphatic heterocycles. The summed E-state index contributed by atoms with van der Waals surface area (Å²) in [6, 6.07) is 10.4. The second-order valence-corrected chi connectivity index (χ2v) is 8.92. The molecular weight excluding hydrogens is 384 g/mol. The molecule has 4 rings (SSSR count). The summed E-state index contributed by atoms with van der Waals surface area (Å²) in [4.78, 5) is 21.6. The molecule has 0 saturated carbocycles. The van der Waals surface area contributed by atoms with Crippen LogP contribution in [0, 0.1) is 0 Å². The molecule has 1 aromatic heterocycles. The summed E-state index contributed by atoms with van der Waals surface area (Å²) < 4.78 is 0. The van der Waals surface area contributed by atoms with Crippen molar-refractivity contribution in [1.82, 2.24) is 9.88 Å². The van der Waals surface area contributed by atoms with Crippen molar-refractivity contribution in [2.75, 3.05) is 23.3 Å². The average molecular weight is 413 g/mol. The van der Waals surface area contributed by atoms with Crippen LogP contribution in [0.15, 0.2) is 36.5 Å². The third-order valence-corrected chi connectivity index (χ3v) is 6.37. The maximum Gasteiger partial charge on any atom is 0.246 e.